The van der Waals surface area contributed by atoms with E-state index in [1.807, 2.05) is 0 Å². The number of carbonyl (C=O) groups is 1. The van der Waals surface area contributed by atoms with Crippen molar-refractivity contribution in [3.8, 4) is 0 Å². The number of esters is 1. The van der Waals surface area contributed by atoms with Crippen LogP contribution in [0.4, 0.5) is 0 Å². The molecule has 4 saturated carbocycles. The van der Waals surface area contributed by atoms with Crippen molar-refractivity contribution >= 4 is 5.97 Å². The number of fused-ring (bicyclic) bond motifs is 5. The Hall–Kier alpha value is -0.530. The molecule has 2 heteroatoms. The molecule has 268 valence electrons. The van der Waals surface area contributed by atoms with Crippen LogP contribution in [0, 0.1) is 52.3 Å². The number of hydrogen-bond acceptors (Lipinski definition) is 2. The molecule has 0 N–H and O–H groups in total. The monoisotopic (exact) mass is 641 g/mol. The Labute approximate surface area is 288 Å². The van der Waals surface area contributed by atoms with Gasteiger partial charge in [0.05, 0.1) is 6.61 Å². The number of rotatable bonds is 22. The van der Waals surface area contributed by atoms with Gasteiger partial charge < -0.3 is 4.74 Å². The van der Waals surface area contributed by atoms with E-state index >= 15 is 0 Å². The average Bonchev–Trinajstić information content (AvgIpc) is 3.41. The predicted molar refractivity (Wildman–Crippen MR) is 198 cm³/mol. The van der Waals surface area contributed by atoms with E-state index in [1.54, 1.807) is 6.42 Å². The Balaban J connectivity index is 1.01. The first-order valence-electron chi connectivity index (χ1n) is 21.4. The van der Waals surface area contributed by atoms with Gasteiger partial charge in [-0.25, -0.2) is 0 Å². The van der Waals surface area contributed by atoms with Crippen molar-refractivity contribution in [3.05, 3.63) is 0 Å². The van der Waals surface area contributed by atoms with E-state index < -0.39 is 0 Å². The summed E-state index contributed by atoms with van der Waals surface area (Å²) in [5, 5.41) is 0. The molecule has 0 bridgehead atoms. The second kappa shape index (κ2) is 19.6. The fourth-order valence-electron chi connectivity index (χ4n) is 12.1. The van der Waals surface area contributed by atoms with Crippen molar-refractivity contribution in [1.29, 1.82) is 0 Å². The van der Waals surface area contributed by atoms with Gasteiger partial charge in [0, 0.05) is 6.42 Å². The molecule has 0 heterocycles. The smallest absolute Gasteiger partial charge is 0.305 e. The molecule has 0 saturated heterocycles. The van der Waals surface area contributed by atoms with Gasteiger partial charge in [0.2, 0.25) is 0 Å². The van der Waals surface area contributed by atoms with Gasteiger partial charge >= 0.3 is 5.97 Å². The number of unbranched alkanes of at least 4 members (excludes halogenated alkanes) is 13. The molecule has 9 atom stereocenters. The molecular formula is C44H80O2. The average molecular weight is 641 g/mol. The minimum absolute atomic E-state index is 0.0378. The summed E-state index contributed by atoms with van der Waals surface area (Å²) in [6, 6.07) is 0. The van der Waals surface area contributed by atoms with Crippen LogP contribution >= 0.6 is 0 Å². The maximum Gasteiger partial charge on any atom is 0.305 e. The van der Waals surface area contributed by atoms with Crippen LogP contribution in [0.2, 0.25) is 0 Å². The van der Waals surface area contributed by atoms with E-state index in [-0.39, 0.29) is 5.97 Å². The Kier molecular flexibility index (Phi) is 16.3. The highest BCUT2D eigenvalue weighted by molar-refractivity contribution is 5.69. The Morgan fingerprint density at radius 2 is 1.28 bits per heavy atom. The van der Waals surface area contributed by atoms with Gasteiger partial charge in [0.15, 0.2) is 0 Å². The third-order valence-corrected chi connectivity index (χ3v) is 15.0. The summed E-state index contributed by atoms with van der Waals surface area (Å²) in [7, 11) is 0. The van der Waals surface area contributed by atoms with Crippen LogP contribution in [0.3, 0.4) is 0 Å². The zero-order valence-electron chi connectivity index (χ0n) is 31.9. The van der Waals surface area contributed by atoms with Crippen LogP contribution in [0.15, 0.2) is 0 Å². The molecule has 2 nitrogen and oxygen atoms in total. The lowest BCUT2D eigenvalue weighted by Crippen LogP contribution is -2.53. The first-order valence-corrected chi connectivity index (χ1v) is 21.4. The summed E-state index contributed by atoms with van der Waals surface area (Å²) in [6.07, 6.45) is 38.5. The summed E-state index contributed by atoms with van der Waals surface area (Å²) in [6.45, 7) is 13.3. The third kappa shape index (κ3) is 10.5. The maximum atomic E-state index is 12.4. The lowest BCUT2D eigenvalue weighted by Gasteiger charge is -2.61. The highest BCUT2D eigenvalue weighted by Crippen LogP contribution is 2.68. The molecule has 2 unspecified atom stereocenters. The van der Waals surface area contributed by atoms with Gasteiger partial charge in [-0.15, -0.1) is 0 Å². The number of hydrogen-bond donors (Lipinski definition) is 0. The standard InChI is InChI=1S/C44H80O2/c1-6-7-8-9-10-11-12-13-14-15-16-17-18-19-26-42(45)46-34-35(2)23-22-24-36(3)39-29-30-40-38-28-27-37-25-20-21-32-43(37,4)41(38)31-33-44(39,40)5/h35-41H,6-34H2,1-5H3/t35?,36-,37?,38+,39-,40+,41+,43+,44-/m1/s1. The Morgan fingerprint density at radius 3 is 1.96 bits per heavy atom. The quantitative estimate of drug-likeness (QED) is 0.0869. The summed E-state index contributed by atoms with van der Waals surface area (Å²) in [5.74, 6) is 6.37. The summed E-state index contributed by atoms with van der Waals surface area (Å²) in [4.78, 5) is 12.4. The molecule has 0 radical (unpaired) electrons. The van der Waals surface area contributed by atoms with E-state index in [2.05, 4.69) is 34.6 Å². The van der Waals surface area contributed by atoms with Crippen LogP contribution in [-0.2, 0) is 9.53 Å². The van der Waals surface area contributed by atoms with Crippen molar-refractivity contribution in [3.63, 3.8) is 0 Å². The zero-order chi connectivity index (χ0) is 32.8. The summed E-state index contributed by atoms with van der Waals surface area (Å²) in [5.41, 5.74) is 1.25. The van der Waals surface area contributed by atoms with Crippen molar-refractivity contribution in [2.75, 3.05) is 6.61 Å². The van der Waals surface area contributed by atoms with Gasteiger partial charge in [0.1, 0.15) is 0 Å². The molecule has 0 spiro atoms. The molecule has 4 aliphatic rings. The van der Waals surface area contributed by atoms with Gasteiger partial charge in [-0.3, -0.25) is 4.79 Å². The summed E-state index contributed by atoms with van der Waals surface area (Å²) >= 11 is 0. The van der Waals surface area contributed by atoms with Crippen molar-refractivity contribution in [2.45, 2.75) is 214 Å². The molecule has 4 rings (SSSR count). The predicted octanol–water partition coefficient (Wildman–Crippen LogP) is 13.9. The van der Waals surface area contributed by atoms with E-state index in [0.717, 1.165) is 41.9 Å². The second-order valence-electron chi connectivity index (χ2n) is 18.2. The van der Waals surface area contributed by atoms with Crippen LogP contribution in [0.25, 0.3) is 0 Å². The minimum atomic E-state index is 0.0378. The van der Waals surface area contributed by atoms with Crippen molar-refractivity contribution in [2.24, 2.45) is 52.3 Å². The van der Waals surface area contributed by atoms with E-state index in [1.165, 1.54) is 161 Å². The molecule has 0 aromatic carbocycles. The molecule has 4 aliphatic carbocycles. The SMILES string of the molecule is CCCCCCCCCCCCCCCCC(=O)OCC(C)CCC[C@@H](C)[C@H]1CC[C@H]2[C@@H]3CCC4CCCC[C@]4(C)[C@H]3CC[C@]12C. The van der Waals surface area contributed by atoms with Gasteiger partial charge in [-0.1, -0.05) is 144 Å². The van der Waals surface area contributed by atoms with Crippen LogP contribution in [-0.4, -0.2) is 12.6 Å². The van der Waals surface area contributed by atoms with Crippen molar-refractivity contribution in [1.82, 2.24) is 0 Å². The fraction of sp³-hybridized carbons (Fsp3) is 0.977. The van der Waals surface area contributed by atoms with E-state index in [4.69, 9.17) is 4.74 Å². The van der Waals surface area contributed by atoms with Gasteiger partial charge in [0.25, 0.3) is 0 Å². The lowest BCUT2D eigenvalue weighted by atomic mass is 9.44. The normalized spacial score (nSPS) is 33.5. The largest absolute Gasteiger partial charge is 0.465 e. The van der Waals surface area contributed by atoms with Gasteiger partial charge in [-0.2, -0.15) is 0 Å². The Morgan fingerprint density at radius 1 is 0.652 bits per heavy atom. The minimum Gasteiger partial charge on any atom is -0.465 e. The van der Waals surface area contributed by atoms with Gasteiger partial charge in [-0.05, 0) is 116 Å². The third-order valence-electron chi connectivity index (χ3n) is 15.0. The van der Waals surface area contributed by atoms with Crippen LogP contribution in [0.1, 0.15) is 214 Å². The highest BCUT2D eigenvalue weighted by Gasteiger charge is 2.60. The summed E-state index contributed by atoms with van der Waals surface area (Å²) < 4.78 is 5.72. The van der Waals surface area contributed by atoms with E-state index in [0.29, 0.717) is 29.8 Å². The molecular weight excluding hydrogens is 560 g/mol. The van der Waals surface area contributed by atoms with Crippen molar-refractivity contribution < 1.29 is 9.53 Å². The zero-order valence-corrected chi connectivity index (χ0v) is 31.9. The molecule has 4 fully saturated rings. The molecule has 0 aromatic heterocycles. The number of carbonyl (C=O) groups excluding carboxylic acids is 1. The topological polar surface area (TPSA) is 26.3 Å². The van der Waals surface area contributed by atoms with Crippen LogP contribution in [0.5, 0.6) is 0 Å². The first kappa shape index (κ1) is 38.3. The lowest BCUT2D eigenvalue weighted by molar-refractivity contribution is -0.145. The molecule has 0 amide bonds. The molecule has 0 aromatic rings. The molecule has 0 aliphatic heterocycles. The maximum absolute atomic E-state index is 12.4. The fourth-order valence-corrected chi connectivity index (χ4v) is 12.1. The highest BCUT2D eigenvalue weighted by atomic mass is 16.5. The number of ether oxygens (including phenoxy) is 1. The second-order valence-corrected chi connectivity index (χ2v) is 18.2. The van der Waals surface area contributed by atoms with E-state index in [9.17, 15) is 4.79 Å². The Bertz CT molecular complexity index is 851. The molecule has 46 heavy (non-hydrogen) atoms. The first-order chi connectivity index (χ1) is 22.3. The van der Waals surface area contributed by atoms with Crippen LogP contribution < -0.4 is 0 Å².